The molecule has 2 atom stereocenters. The summed E-state index contributed by atoms with van der Waals surface area (Å²) < 4.78 is 0. The Kier molecular flexibility index (Phi) is 34.0. The number of hydrogen-bond donors (Lipinski definition) is 7. The largest absolute Gasteiger partial charge is 0.481 e. The Hall–Kier alpha value is -9.99. The molecule has 496 valence electrons. The highest BCUT2D eigenvalue weighted by Gasteiger charge is 2.33. The Balaban J connectivity index is 0.000000279. The van der Waals surface area contributed by atoms with E-state index < -0.39 is 66.2 Å². The number of unbranched alkanes of at least 4 members (excludes halogenated alkanes) is 5. The Morgan fingerprint density at radius 1 is 0.430 bits per heavy atom. The van der Waals surface area contributed by atoms with Crippen LogP contribution in [0.25, 0.3) is 0 Å². The minimum Gasteiger partial charge on any atom is -0.481 e. The van der Waals surface area contributed by atoms with Gasteiger partial charge in [-0.1, -0.05) is 55.7 Å². The number of carbonyl (C=O) groups is 9. The highest BCUT2D eigenvalue weighted by Crippen LogP contribution is 2.16. The molecule has 7 rings (SSSR count). The van der Waals surface area contributed by atoms with Crippen molar-refractivity contribution in [3.05, 3.63) is 181 Å². The summed E-state index contributed by atoms with van der Waals surface area (Å²) in [5, 5.41) is 43.8. The van der Waals surface area contributed by atoms with Gasteiger partial charge >= 0.3 is 35.9 Å². The van der Waals surface area contributed by atoms with Crippen molar-refractivity contribution in [2.75, 3.05) is 26.2 Å². The first-order valence-electron chi connectivity index (χ1n) is 30.9. The third-order valence-electron chi connectivity index (χ3n) is 14.1. The molecule has 1 fully saturated rings. The molecule has 27 heteroatoms. The highest BCUT2D eigenvalue weighted by molar-refractivity contribution is 6.01. The zero-order chi connectivity index (χ0) is 66.8. The van der Waals surface area contributed by atoms with E-state index in [0.29, 0.717) is 70.1 Å². The average Bonchev–Trinajstić information content (AvgIpc) is 3.09. The van der Waals surface area contributed by atoms with Gasteiger partial charge in [0.15, 0.2) is 0 Å². The number of amides is 5. The van der Waals surface area contributed by atoms with Gasteiger partial charge in [0.1, 0.15) is 12.1 Å². The zero-order valence-electron chi connectivity index (χ0n) is 52.0. The molecule has 1 saturated heterocycles. The normalized spacial score (nSPS) is 12.4. The van der Waals surface area contributed by atoms with Crippen molar-refractivity contribution in [1.29, 1.82) is 0 Å². The maximum absolute atomic E-state index is 12.2. The number of urea groups is 1. The zero-order valence-corrected chi connectivity index (χ0v) is 52.0. The molecule has 0 aliphatic carbocycles. The average molecular weight is 1280 g/mol. The summed E-state index contributed by atoms with van der Waals surface area (Å²) in [5.74, 6) is -6.36. The molecule has 0 unspecified atom stereocenters. The fourth-order valence-electron chi connectivity index (χ4n) is 9.36. The molecule has 6 aromatic rings. The monoisotopic (exact) mass is 1280 g/mol. The second-order valence-corrected chi connectivity index (χ2v) is 21.7. The number of carboxylic acid groups (broad SMARTS) is 4. The van der Waals surface area contributed by atoms with Crippen LogP contribution in [0.5, 0.6) is 0 Å². The highest BCUT2D eigenvalue weighted by atomic mass is 16.7. The number of imide groups is 1. The van der Waals surface area contributed by atoms with Crippen molar-refractivity contribution in [3.8, 4) is 0 Å². The van der Waals surface area contributed by atoms with Gasteiger partial charge in [0.05, 0.1) is 47.0 Å². The van der Waals surface area contributed by atoms with Crippen molar-refractivity contribution in [2.45, 2.75) is 148 Å². The maximum atomic E-state index is 12.2. The number of nitrogens with one attached hydrogen (secondary N) is 3. The first kappa shape index (κ1) is 73.7. The molecule has 0 spiro atoms. The molecule has 7 N–H and O–H groups in total. The van der Waals surface area contributed by atoms with Crippen LogP contribution in [0.3, 0.4) is 0 Å². The van der Waals surface area contributed by atoms with Crippen molar-refractivity contribution in [1.82, 2.24) is 65.6 Å². The Morgan fingerprint density at radius 2 is 0.796 bits per heavy atom. The summed E-state index contributed by atoms with van der Waals surface area (Å²) in [4.78, 5) is 141. The van der Waals surface area contributed by atoms with Gasteiger partial charge in [0.25, 0.3) is 11.8 Å². The molecule has 1 aliphatic rings. The van der Waals surface area contributed by atoms with Gasteiger partial charge in [-0.2, -0.15) is 0 Å². The van der Waals surface area contributed by atoms with Gasteiger partial charge in [-0.3, -0.25) is 68.6 Å². The summed E-state index contributed by atoms with van der Waals surface area (Å²) >= 11 is 0. The van der Waals surface area contributed by atoms with E-state index in [9.17, 15) is 48.3 Å². The summed E-state index contributed by atoms with van der Waals surface area (Å²) in [5.41, 5.74) is 5.63. The summed E-state index contributed by atoms with van der Waals surface area (Å²) in [7, 11) is 0. The van der Waals surface area contributed by atoms with Gasteiger partial charge in [-0.15, -0.1) is 5.06 Å². The van der Waals surface area contributed by atoms with Crippen molar-refractivity contribution >= 4 is 53.6 Å². The second-order valence-electron chi connectivity index (χ2n) is 21.7. The van der Waals surface area contributed by atoms with Crippen molar-refractivity contribution in [2.24, 2.45) is 0 Å². The van der Waals surface area contributed by atoms with E-state index in [1.165, 1.54) is 0 Å². The SMILES string of the molecule is O=C(CCN(Cc1ccccn1)Cc1ccccn1)ON1C(=O)CCC1=O.O=C(O)CCN(Cc1ccccn1)Cc1ccccn1.O=C(O)CC[C@H](NC(=O)N[C@@H](CCCCNC(=O)CCCCCCCN(Cc1ccccn1)Cc1ccccn1)C(=O)O)C(=O)O. The third kappa shape index (κ3) is 32.0. The van der Waals surface area contributed by atoms with E-state index in [-0.39, 0.29) is 44.4 Å². The van der Waals surface area contributed by atoms with E-state index in [4.69, 9.17) is 20.2 Å². The van der Waals surface area contributed by atoms with E-state index in [2.05, 4.69) is 50.8 Å². The lowest BCUT2D eigenvalue weighted by Crippen LogP contribution is -2.51. The van der Waals surface area contributed by atoms with Crippen molar-refractivity contribution in [3.63, 3.8) is 0 Å². The minimum atomic E-state index is -1.46. The number of hydroxylamine groups is 2. The van der Waals surface area contributed by atoms with Crippen molar-refractivity contribution < 1.29 is 68.4 Å². The van der Waals surface area contributed by atoms with Gasteiger partial charge in [0, 0.05) is 122 Å². The predicted octanol–water partition coefficient (Wildman–Crippen LogP) is 6.61. The molecule has 7 heterocycles. The first-order chi connectivity index (χ1) is 45.0. The summed E-state index contributed by atoms with van der Waals surface area (Å²) in [6.45, 7) is 5.95. The topological polar surface area (TPSA) is 370 Å². The predicted molar refractivity (Wildman–Crippen MR) is 338 cm³/mol. The molecule has 6 aromatic heterocycles. The number of carbonyl (C=O) groups excluding carboxylic acids is 5. The van der Waals surface area contributed by atoms with Crippen LogP contribution < -0.4 is 16.0 Å². The van der Waals surface area contributed by atoms with Gasteiger partial charge in [-0.25, -0.2) is 19.2 Å². The third-order valence-corrected chi connectivity index (χ3v) is 14.1. The Morgan fingerprint density at radius 3 is 1.17 bits per heavy atom. The standard InChI is InChI=1S/C32H46N6O8.C19H20N4O4.C15H17N3O2/c39-28(35-20-10-7-14-26(30(42)43)36-32(46)37-27(31(44)45)16-17-29(40)41)15-4-2-1-3-11-21-38(22-24-12-5-8-18-33-24)23-25-13-6-9-19-34-25;24-17-7-8-18(25)23(17)27-19(26)9-12-22(13-15-5-1-3-10-20-15)14-16-6-2-4-11-21-16;19-15(20)7-10-18(11-13-5-1-3-8-16-13)12-14-6-2-4-9-17-14/h5-6,8-9,12-13,18-19,26-27H,1-4,7,10-11,14-17,20-23H2,(H,35,39)(H,40,41)(H,42,43)(H,44,45)(H2,36,37,46);1-6,10-11H,7-9,12-14H2;1-6,8-9H,7,10-12H2,(H,19,20)/t26-,27-;;/m0../s1. The Labute approximate surface area is 540 Å². The number of rotatable bonds is 39. The molecule has 0 saturated carbocycles. The van der Waals surface area contributed by atoms with Crippen LogP contribution in [0.2, 0.25) is 0 Å². The van der Waals surface area contributed by atoms with Crippen LogP contribution >= 0.6 is 0 Å². The van der Waals surface area contributed by atoms with Crippen LogP contribution in [-0.2, 0) is 82.5 Å². The number of aliphatic carboxylic acids is 4. The number of hydrogen-bond acceptors (Lipinski definition) is 19. The summed E-state index contributed by atoms with van der Waals surface area (Å²) in [6.07, 6.45) is 16.3. The molecule has 27 nitrogen and oxygen atoms in total. The van der Waals surface area contributed by atoms with Crippen LogP contribution in [-0.4, -0.2) is 162 Å². The lowest BCUT2D eigenvalue weighted by molar-refractivity contribution is -0.197. The van der Waals surface area contributed by atoms with E-state index in [1.807, 2.05) is 119 Å². The molecule has 0 aromatic carbocycles. The number of aromatic nitrogens is 6. The van der Waals surface area contributed by atoms with Crippen LogP contribution in [0, 0.1) is 0 Å². The van der Waals surface area contributed by atoms with E-state index in [1.54, 1.807) is 37.2 Å². The lowest BCUT2D eigenvalue weighted by atomic mass is 10.1. The maximum Gasteiger partial charge on any atom is 0.334 e. The van der Waals surface area contributed by atoms with Crippen LogP contribution in [0.4, 0.5) is 4.79 Å². The fourth-order valence-corrected chi connectivity index (χ4v) is 9.36. The fraction of sp³-hybridized carbons (Fsp3) is 0.409. The molecule has 1 aliphatic heterocycles. The first-order valence-corrected chi connectivity index (χ1v) is 30.9. The molecular formula is C66H83N13O14. The van der Waals surface area contributed by atoms with Crippen LogP contribution in [0.15, 0.2) is 146 Å². The minimum absolute atomic E-state index is 0.0384. The number of carboxylic acids is 4. The smallest absolute Gasteiger partial charge is 0.334 e. The van der Waals surface area contributed by atoms with Gasteiger partial charge in [-0.05, 0) is 118 Å². The molecule has 5 amide bonds. The lowest BCUT2D eigenvalue weighted by Gasteiger charge is -2.21. The quantitative estimate of drug-likeness (QED) is 0.0158. The molecule has 0 bridgehead atoms. The second kappa shape index (κ2) is 42.9. The van der Waals surface area contributed by atoms with Gasteiger partial charge < -0.3 is 41.2 Å². The van der Waals surface area contributed by atoms with Gasteiger partial charge in [0.2, 0.25) is 5.91 Å². The Bertz CT molecular complexity index is 3060. The molecule has 0 radical (unpaired) electrons. The molecular weight excluding hydrogens is 1200 g/mol. The summed E-state index contributed by atoms with van der Waals surface area (Å²) in [6, 6.07) is 30.9. The molecule has 93 heavy (non-hydrogen) atoms. The van der Waals surface area contributed by atoms with E-state index >= 15 is 0 Å². The van der Waals surface area contributed by atoms with Crippen LogP contribution in [0.1, 0.15) is 130 Å². The van der Waals surface area contributed by atoms with E-state index in [0.717, 1.165) is 85.9 Å². The number of nitrogens with zero attached hydrogens (tertiary/aromatic N) is 10. The number of pyridine rings is 6.